The van der Waals surface area contributed by atoms with Crippen LogP contribution in [0.25, 0.3) is 0 Å². The molecule has 200 valence electrons. The fraction of sp³-hybridized carbons (Fsp3) is 0.409. The summed E-state index contributed by atoms with van der Waals surface area (Å²) in [6, 6.07) is 2.71. The van der Waals surface area contributed by atoms with Crippen LogP contribution in [0.15, 0.2) is 30.3 Å². The maximum absolute atomic E-state index is 13.5. The minimum absolute atomic E-state index is 0.0245. The number of nitrogens with zero attached hydrogens (tertiary/aromatic N) is 4. The molecule has 4 rings (SSSR count). The first-order valence-corrected chi connectivity index (χ1v) is 10.9. The number of hydrogen-bond acceptors (Lipinski definition) is 5. The van der Waals surface area contributed by atoms with Gasteiger partial charge >= 0.3 is 18.5 Å². The van der Waals surface area contributed by atoms with Crippen LogP contribution in [0.4, 0.5) is 51.1 Å². The second-order valence-corrected chi connectivity index (χ2v) is 8.60. The van der Waals surface area contributed by atoms with Gasteiger partial charge in [0.2, 0.25) is 5.95 Å². The van der Waals surface area contributed by atoms with Crippen molar-refractivity contribution in [3.8, 4) is 0 Å². The Morgan fingerprint density at radius 1 is 0.892 bits per heavy atom. The van der Waals surface area contributed by atoms with Crippen molar-refractivity contribution in [2.45, 2.75) is 50.9 Å². The summed E-state index contributed by atoms with van der Waals surface area (Å²) in [6.45, 7) is 1.08. The molecule has 2 N–H and O–H groups in total. The first-order valence-electron chi connectivity index (χ1n) is 10.9. The molecule has 2 heterocycles. The van der Waals surface area contributed by atoms with Gasteiger partial charge in [0.25, 0.3) is 0 Å². The lowest BCUT2D eigenvalue weighted by atomic mass is 9.94. The molecule has 15 heteroatoms. The van der Waals surface area contributed by atoms with Gasteiger partial charge in [0.1, 0.15) is 0 Å². The average Bonchev–Trinajstić information content (AvgIpc) is 3.23. The summed E-state index contributed by atoms with van der Waals surface area (Å²) >= 11 is 0. The Labute approximate surface area is 203 Å². The van der Waals surface area contributed by atoms with Crippen molar-refractivity contribution in [3.05, 3.63) is 63.7 Å². The predicted molar refractivity (Wildman–Crippen MR) is 113 cm³/mol. The Kier molecular flexibility index (Phi) is 6.75. The lowest BCUT2D eigenvalue weighted by molar-refractivity contribution is -0.143. The highest BCUT2D eigenvalue weighted by molar-refractivity contribution is 5.60. The van der Waals surface area contributed by atoms with Crippen molar-refractivity contribution in [1.29, 1.82) is 0 Å². The van der Waals surface area contributed by atoms with E-state index >= 15 is 0 Å². The molecule has 2 aromatic carbocycles. The number of fused-ring (bicyclic) bond motifs is 1. The molecule has 1 aliphatic rings. The number of nitrogens with one attached hydrogen (secondary N) is 2. The van der Waals surface area contributed by atoms with Crippen LogP contribution in [0.2, 0.25) is 0 Å². The van der Waals surface area contributed by atoms with Gasteiger partial charge in [-0.1, -0.05) is 11.2 Å². The quantitative estimate of drug-likeness (QED) is 0.371. The normalized spacial score (nSPS) is 16.6. The number of H-pyrrole nitrogens is 1. The van der Waals surface area contributed by atoms with Gasteiger partial charge in [-0.2, -0.15) is 39.5 Å². The number of aryl methyl sites for hydroxylation is 1. The molecule has 1 unspecified atom stereocenters. The van der Waals surface area contributed by atoms with E-state index in [9.17, 15) is 39.5 Å². The lowest BCUT2D eigenvalue weighted by Crippen LogP contribution is -2.30. The predicted octanol–water partition coefficient (Wildman–Crippen LogP) is 6.52. The van der Waals surface area contributed by atoms with E-state index in [-0.39, 0.29) is 28.8 Å². The Hall–Kier alpha value is -3.52. The van der Waals surface area contributed by atoms with Gasteiger partial charge in [-0.3, -0.25) is 0 Å². The smallest absolute Gasteiger partial charge is 0.385 e. The average molecular weight is 538 g/mol. The number of aromatic amines is 1. The summed E-state index contributed by atoms with van der Waals surface area (Å²) in [5, 5.41) is 16.1. The zero-order valence-electron chi connectivity index (χ0n) is 19.0. The van der Waals surface area contributed by atoms with Crippen molar-refractivity contribution >= 4 is 11.6 Å². The van der Waals surface area contributed by atoms with Crippen LogP contribution in [0, 0.1) is 6.92 Å². The van der Waals surface area contributed by atoms with Gasteiger partial charge in [-0.15, -0.1) is 0 Å². The molecule has 6 nitrogen and oxygen atoms in total. The second kappa shape index (κ2) is 9.41. The monoisotopic (exact) mass is 538 g/mol. The molecule has 3 aromatic rings. The van der Waals surface area contributed by atoms with E-state index in [1.807, 2.05) is 0 Å². The van der Waals surface area contributed by atoms with E-state index in [0.29, 0.717) is 37.1 Å². The minimum Gasteiger partial charge on any atom is -0.385 e. The molecular formula is C22H19F9N6. The van der Waals surface area contributed by atoms with E-state index in [1.54, 1.807) is 0 Å². The van der Waals surface area contributed by atoms with Gasteiger partial charge in [-0.25, -0.2) is 5.10 Å². The van der Waals surface area contributed by atoms with Crippen molar-refractivity contribution in [1.82, 2.24) is 20.6 Å². The molecule has 0 fully saturated rings. The maximum Gasteiger partial charge on any atom is 0.416 e. The number of hydrogen-bond donors (Lipinski definition) is 2. The third kappa shape index (κ3) is 5.74. The SMILES string of the molecule is Cc1cc2c(cc1C(F)(F)F)NCCCC2N(Cc1cc(C(F)(F)F)cc(C(F)(F)F)c1)c1nnn[nH]1. The molecule has 0 spiro atoms. The fourth-order valence-electron chi connectivity index (χ4n) is 4.38. The standard InChI is InChI=1S/C22H19F9N6/c1-11-5-15-17(9-16(11)22(29,30)31)32-4-2-3-18(15)37(19-33-35-36-34-19)10-12-6-13(20(23,24)25)8-14(7-12)21(26,27)28/h5-9,18,32H,2-4,10H2,1H3,(H,33,34,35,36). The first kappa shape index (κ1) is 26.5. The Morgan fingerprint density at radius 2 is 1.54 bits per heavy atom. The van der Waals surface area contributed by atoms with Gasteiger partial charge < -0.3 is 10.2 Å². The summed E-state index contributed by atoms with van der Waals surface area (Å²) in [5.41, 5.74) is -3.72. The van der Waals surface area contributed by atoms with E-state index < -0.39 is 47.8 Å². The van der Waals surface area contributed by atoms with Gasteiger partial charge in [0, 0.05) is 18.8 Å². The van der Waals surface area contributed by atoms with Crippen LogP contribution in [0.1, 0.15) is 52.3 Å². The Balaban J connectivity index is 1.83. The van der Waals surface area contributed by atoms with Crippen LogP contribution in [0.5, 0.6) is 0 Å². The number of alkyl halides is 9. The van der Waals surface area contributed by atoms with Crippen molar-refractivity contribution < 1.29 is 39.5 Å². The van der Waals surface area contributed by atoms with Crippen LogP contribution in [0.3, 0.4) is 0 Å². The van der Waals surface area contributed by atoms with Crippen LogP contribution < -0.4 is 10.2 Å². The van der Waals surface area contributed by atoms with Gasteiger partial charge in [0.15, 0.2) is 0 Å². The molecule has 0 amide bonds. The van der Waals surface area contributed by atoms with E-state index in [4.69, 9.17) is 0 Å². The number of halogens is 9. The maximum atomic E-state index is 13.5. The molecule has 1 atom stereocenters. The van der Waals surface area contributed by atoms with E-state index in [1.165, 1.54) is 17.9 Å². The zero-order valence-corrected chi connectivity index (χ0v) is 19.0. The topological polar surface area (TPSA) is 69.7 Å². The van der Waals surface area contributed by atoms with E-state index in [2.05, 4.69) is 25.9 Å². The number of anilines is 2. The molecule has 0 aliphatic carbocycles. The summed E-state index contributed by atoms with van der Waals surface area (Å²) in [6.07, 6.45) is -14.0. The number of tetrazole rings is 1. The van der Waals surface area contributed by atoms with Crippen molar-refractivity contribution in [2.24, 2.45) is 0 Å². The molecule has 0 radical (unpaired) electrons. The summed E-state index contributed by atoms with van der Waals surface area (Å²) in [7, 11) is 0. The fourth-order valence-corrected chi connectivity index (χ4v) is 4.38. The summed E-state index contributed by atoms with van der Waals surface area (Å²) in [4.78, 5) is 1.36. The number of aromatic nitrogens is 4. The summed E-state index contributed by atoms with van der Waals surface area (Å²) < 4.78 is 121. The largest absolute Gasteiger partial charge is 0.416 e. The highest BCUT2D eigenvalue weighted by atomic mass is 19.4. The molecule has 0 bridgehead atoms. The highest BCUT2D eigenvalue weighted by Crippen LogP contribution is 2.42. The van der Waals surface area contributed by atoms with Gasteiger partial charge in [-0.05, 0) is 71.1 Å². The first-order chi connectivity index (χ1) is 17.1. The highest BCUT2D eigenvalue weighted by Gasteiger charge is 2.38. The molecule has 1 aromatic heterocycles. The van der Waals surface area contributed by atoms with Crippen molar-refractivity contribution in [3.63, 3.8) is 0 Å². The second-order valence-electron chi connectivity index (χ2n) is 8.60. The number of rotatable bonds is 4. The summed E-state index contributed by atoms with van der Waals surface area (Å²) in [5.74, 6) is -0.0682. The molecule has 0 saturated heterocycles. The third-order valence-corrected chi connectivity index (χ3v) is 6.01. The zero-order chi connectivity index (χ0) is 27.2. The van der Waals surface area contributed by atoms with Crippen molar-refractivity contribution in [2.75, 3.05) is 16.8 Å². The molecule has 1 aliphatic heterocycles. The van der Waals surface area contributed by atoms with E-state index in [0.717, 1.165) is 6.07 Å². The number of benzene rings is 2. The van der Waals surface area contributed by atoms with Gasteiger partial charge in [0.05, 0.1) is 22.7 Å². The molecule has 0 saturated carbocycles. The Morgan fingerprint density at radius 3 is 2.08 bits per heavy atom. The third-order valence-electron chi connectivity index (χ3n) is 6.01. The van der Waals surface area contributed by atoms with Crippen LogP contribution >= 0.6 is 0 Å². The molecule has 37 heavy (non-hydrogen) atoms. The molecular weight excluding hydrogens is 519 g/mol. The van der Waals surface area contributed by atoms with Crippen LogP contribution in [-0.2, 0) is 25.1 Å². The minimum atomic E-state index is -5.04. The Bertz CT molecular complexity index is 1220. The van der Waals surface area contributed by atoms with Crippen LogP contribution in [-0.4, -0.2) is 27.2 Å². The lowest BCUT2D eigenvalue weighted by Gasteiger charge is -2.32.